The predicted molar refractivity (Wildman–Crippen MR) is 89.3 cm³/mol. The average Bonchev–Trinajstić information content (AvgIpc) is 3.04. The van der Waals surface area contributed by atoms with Crippen LogP contribution in [-0.2, 0) is 18.3 Å². The fourth-order valence-corrected chi connectivity index (χ4v) is 3.68. The average molecular weight is 372 g/mol. The number of benzene rings is 1. The molecule has 0 fully saturated rings. The van der Waals surface area contributed by atoms with Crippen molar-refractivity contribution in [3.8, 4) is 0 Å². The second kappa shape index (κ2) is 6.72. The molecule has 0 atom stereocenters. The molecule has 0 bridgehead atoms. The second-order valence-electron chi connectivity index (χ2n) is 5.54. The molecule has 3 rings (SSSR count). The van der Waals surface area contributed by atoms with Gasteiger partial charge in [0.05, 0.1) is 11.3 Å². The second-order valence-corrected chi connectivity index (χ2v) is 8.15. The monoisotopic (exact) mass is 372 g/mol. The number of thioether (sulfide) groups is 1. The Morgan fingerprint density at radius 3 is 2.75 bits per heavy atom. The summed E-state index contributed by atoms with van der Waals surface area (Å²) in [4.78, 5) is 0.663. The maximum Gasteiger partial charge on any atom is 0.416 e. The molecule has 2 heterocycles. The lowest BCUT2D eigenvalue weighted by Crippen LogP contribution is -2.05. The number of alkyl halides is 3. The highest BCUT2D eigenvalue weighted by atomic mass is 32.2. The van der Waals surface area contributed by atoms with Gasteiger partial charge >= 0.3 is 6.18 Å². The smallest absolute Gasteiger partial charge is 0.186 e. The Morgan fingerprint density at radius 2 is 2.04 bits per heavy atom. The van der Waals surface area contributed by atoms with Crippen LogP contribution in [0.4, 0.5) is 13.2 Å². The standard InChI is InChI=1S/C15H15F3N4S2/c1-9(2)23-8-12-19-20-14-22(12)21-13(24-14)7-10-4-3-5-11(6-10)15(16,17)18/h3-6,9H,7-8H2,1-2H3. The topological polar surface area (TPSA) is 43.1 Å². The zero-order valence-electron chi connectivity index (χ0n) is 13.0. The summed E-state index contributed by atoms with van der Waals surface area (Å²) in [6, 6.07) is 5.33. The Hall–Kier alpha value is -1.61. The minimum Gasteiger partial charge on any atom is -0.186 e. The molecule has 0 aliphatic carbocycles. The zero-order chi connectivity index (χ0) is 17.3. The molecule has 0 spiro atoms. The SMILES string of the molecule is CC(C)SCc1nnc2sc(Cc3cccc(C(F)(F)F)c3)nn12. The van der Waals surface area contributed by atoms with Crippen LogP contribution in [0.3, 0.4) is 0 Å². The van der Waals surface area contributed by atoms with Crippen molar-refractivity contribution in [2.45, 2.75) is 37.4 Å². The molecule has 0 saturated carbocycles. The van der Waals surface area contributed by atoms with Gasteiger partial charge in [-0.1, -0.05) is 43.4 Å². The first-order valence-corrected chi connectivity index (χ1v) is 9.17. The molecule has 0 saturated heterocycles. The number of nitrogens with zero attached hydrogens (tertiary/aromatic N) is 4. The van der Waals surface area contributed by atoms with Crippen LogP contribution in [0.1, 0.15) is 35.8 Å². The van der Waals surface area contributed by atoms with Crippen LogP contribution in [-0.4, -0.2) is 25.1 Å². The van der Waals surface area contributed by atoms with Crippen LogP contribution in [0, 0.1) is 0 Å². The van der Waals surface area contributed by atoms with Crippen LogP contribution >= 0.6 is 23.1 Å². The van der Waals surface area contributed by atoms with E-state index in [4.69, 9.17) is 0 Å². The Labute approximate surface area is 145 Å². The number of rotatable bonds is 5. The molecule has 0 radical (unpaired) electrons. The number of fused-ring (bicyclic) bond motifs is 1. The summed E-state index contributed by atoms with van der Waals surface area (Å²) in [5.41, 5.74) is -0.0649. The largest absolute Gasteiger partial charge is 0.416 e. The van der Waals surface area contributed by atoms with E-state index < -0.39 is 11.7 Å². The number of hydrogen-bond acceptors (Lipinski definition) is 5. The first-order valence-electron chi connectivity index (χ1n) is 7.30. The van der Waals surface area contributed by atoms with Gasteiger partial charge in [-0.15, -0.1) is 10.2 Å². The lowest BCUT2D eigenvalue weighted by molar-refractivity contribution is -0.137. The highest BCUT2D eigenvalue weighted by molar-refractivity contribution is 7.99. The van der Waals surface area contributed by atoms with Crippen LogP contribution in [0.25, 0.3) is 4.96 Å². The molecule has 4 nitrogen and oxygen atoms in total. The quantitative estimate of drug-likeness (QED) is 0.664. The van der Waals surface area contributed by atoms with Crippen molar-refractivity contribution in [1.82, 2.24) is 19.8 Å². The van der Waals surface area contributed by atoms with Crippen molar-refractivity contribution in [2.24, 2.45) is 0 Å². The molecule has 3 aromatic rings. The van der Waals surface area contributed by atoms with Gasteiger partial charge in [0, 0.05) is 6.42 Å². The van der Waals surface area contributed by atoms with E-state index in [1.807, 2.05) is 0 Å². The van der Waals surface area contributed by atoms with E-state index in [0.717, 1.165) is 23.0 Å². The molecule has 9 heteroatoms. The van der Waals surface area contributed by atoms with E-state index in [0.29, 0.717) is 27.9 Å². The van der Waals surface area contributed by atoms with Crippen molar-refractivity contribution in [2.75, 3.05) is 0 Å². The predicted octanol–water partition coefficient (Wildman–Crippen LogP) is 4.44. The van der Waals surface area contributed by atoms with Crippen molar-refractivity contribution in [3.63, 3.8) is 0 Å². The maximum absolute atomic E-state index is 12.8. The van der Waals surface area contributed by atoms with Crippen molar-refractivity contribution in [1.29, 1.82) is 0 Å². The molecule has 0 N–H and O–H groups in total. The van der Waals surface area contributed by atoms with Crippen LogP contribution in [0.15, 0.2) is 24.3 Å². The van der Waals surface area contributed by atoms with Gasteiger partial charge in [-0.2, -0.15) is 34.5 Å². The van der Waals surface area contributed by atoms with Gasteiger partial charge in [-0.25, -0.2) is 0 Å². The third-order valence-electron chi connectivity index (χ3n) is 3.25. The van der Waals surface area contributed by atoms with E-state index in [9.17, 15) is 13.2 Å². The molecule has 2 aromatic heterocycles. The Balaban J connectivity index is 1.81. The zero-order valence-corrected chi connectivity index (χ0v) is 14.7. The van der Waals surface area contributed by atoms with Gasteiger partial charge in [-0.3, -0.25) is 0 Å². The number of aromatic nitrogens is 4. The number of halogens is 3. The maximum atomic E-state index is 12.8. The summed E-state index contributed by atoms with van der Waals surface area (Å²) in [6.07, 6.45) is -3.99. The van der Waals surface area contributed by atoms with Crippen molar-refractivity contribution in [3.05, 3.63) is 46.2 Å². The van der Waals surface area contributed by atoms with Crippen LogP contribution in [0.2, 0.25) is 0 Å². The summed E-state index contributed by atoms with van der Waals surface area (Å²) in [6.45, 7) is 4.20. The van der Waals surface area contributed by atoms with Crippen molar-refractivity contribution < 1.29 is 13.2 Å². The van der Waals surface area contributed by atoms with Crippen molar-refractivity contribution >= 4 is 28.1 Å². The molecule has 1 aromatic carbocycles. The van der Waals surface area contributed by atoms with Crippen LogP contribution in [0.5, 0.6) is 0 Å². The van der Waals surface area contributed by atoms with Gasteiger partial charge in [0.2, 0.25) is 4.96 Å². The van der Waals surface area contributed by atoms with E-state index >= 15 is 0 Å². The fourth-order valence-electron chi connectivity index (χ4n) is 2.13. The third kappa shape index (κ3) is 3.89. The van der Waals surface area contributed by atoms with Gasteiger partial charge in [0.1, 0.15) is 5.01 Å². The summed E-state index contributed by atoms with van der Waals surface area (Å²) in [7, 11) is 0. The highest BCUT2D eigenvalue weighted by Crippen LogP contribution is 2.30. The summed E-state index contributed by atoms with van der Waals surface area (Å²) in [5, 5.41) is 13.8. The van der Waals surface area contributed by atoms with E-state index in [-0.39, 0.29) is 0 Å². The Bertz CT molecular complexity index is 839. The first kappa shape index (κ1) is 17.2. The molecule has 0 amide bonds. The molecule has 128 valence electrons. The first-order chi connectivity index (χ1) is 11.3. The Morgan fingerprint density at radius 1 is 1.25 bits per heavy atom. The van der Waals surface area contributed by atoms with E-state index in [1.54, 1.807) is 22.3 Å². The fraction of sp³-hybridized carbons (Fsp3) is 0.400. The molecule has 0 aliphatic heterocycles. The van der Waals surface area contributed by atoms with E-state index in [2.05, 4.69) is 29.1 Å². The molecule has 0 aliphatic rings. The van der Waals surface area contributed by atoms with Gasteiger partial charge < -0.3 is 0 Å². The third-order valence-corrected chi connectivity index (χ3v) is 5.24. The number of hydrogen-bond donors (Lipinski definition) is 0. The lowest BCUT2D eigenvalue weighted by Gasteiger charge is -2.07. The summed E-state index contributed by atoms with van der Waals surface area (Å²) >= 11 is 3.09. The van der Waals surface area contributed by atoms with Gasteiger partial charge in [0.25, 0.3) is 0 Å². The van der Waals surface area contributed by atoms with Crippen LogP contribution < -0.4 is 0 Å². The molecule has 24 heavy (non-hydrogen) atoms. The Kier molecular flexibility index (Phi) is 4.82. The normalized spacial score (nSPS) is 12.4. The minimum atomic E-state index is -4.33. The van der Waals surface area contributed by atoms with Gasteiger partial charge in [-0.05, 0) is 16.9 Å². The minimum absolute atomic E-state index is 0.342. The summed E-state index contributed by atoms with van der Waals surface area (Å²) in [5.74, 6) is 1.46. The van der Waals surface area contributed by atoms with E-state index in [1.165, 1.54) is 17.4 Å². The molecule has 0 unspecified atom stereocenters. The lowest BCUT2D eigenvalue weighted by atomic mass is 10.1. The molecular formula is C15H15F3N4S2. The highest BCUT2D eigenvalue weighted by Gasteiger charge is 2.30. The van der Waals surface area contributed by atoms with Gasteiger partial charge in [0.15, 0.2) is 5.82 Å². The molecular weight excluding hydrogens is 357 g/mol. The summed E-state index contributed by atoms with van der Waals surface area (Å²) < 4.78 is 40.1.